The van der Waals surface area contributed by atoms with Gasteiger partial charge in [-0.15, -0.1) is 0 Å². The Hall–Kier alpha value is -0.830. The van der Waals surface area contributed by atoms with Crippen molar-refractivity contribution in [1.82, 2.24) is 0 Å². The van der Waals surface area contributed by atoms with Crippen LogP contribution in [0.4, 0.5) is 0 Å². The second kappa shape index (κ2) is 5.15. The number of aryl methyl sites for hydroxylation is 1. The molecule has 14 heavy (non-hydrogen) atoms. The predicted molar refractivity (Wildman–Crippen MR) is 59.5 cm³/mol. The number of hydrogen-bond acceptors (Lipinski definition) is 2. The van der Waals surface area contributed by atoms with Crippen molar-refractivity contribution in [1.29, 1.82) is 0 Å². The highest BCUT2D eigenvalue weighted by atomic mass is 79.9. The Bertz CT molecular complexity index is 334. The molecule has 0 saturated carbocycles. The molecule has 1 aromatic carbocycles. The molecular weight excluding hydrogens is 244 g/mol. The van der Waals surface area contributed by atoms with E-state index in [0.29, 0.717) is 5.56 Å². The number of hydrogen-bond donors (Lipinski definition) is 0. The number of benzene rings is 1. The number of ether oxygens (including phenoxy) is 1. The van der Waals surface area contributed by atoms with Crippen molar-refractivity contribution in [2.45, 2.75) is 19.8 Å². The third-order valence-electron chi connectivity index (χ3n) is 1.92. The van der Waals surface area contributed by atoms with E-state index in [-0.39, 0.29) is 5.97 Å². The van der Waals surface area contributed by atoms with Crippen LogP contribution in [0.25, 0.3) is 0 Å². The van der Waals surface area contributed by atoms with Crippen LogP contribution in [0.5, 0.6) is 0 Å². The van der Waals surface area contributed by atoms with Gasteiger partial charge in [0, 0.05) is 4.47 Å². The Balaban J connectivity index is 3.00. The lowest BCUT2D eigenvalue weighted by Gasteiger charge is -2.04. The third kappa shape index (κ3) is 2.84. The van der Waals surface area contributed by atoms with Crippen molar-refractivity contribution >= 4 is 21.9 Å². The van der Waals surface area contributed by atoms with Gasteiger partial charge in [0.1, 0.15) is 0 Å². The summed E-state index contributed by atoms with van der Waals surface area (Å²) < 4.78 is 5.58. The predicted octanol–water partition coefficient (Wildman–Crippen LogP) is 3.19. The fourth-order valence-corrected chi connectivity index (χ4v) is 1.86. The molecule has 1 aromatic rings. The van der Waals surface area contributed by atoms with Gasteiger partial charge in [0.05, 0.1) is 12.7 Å². The highest BCUT2D eigenvalue weighted by Gasteiger charge is 2.07. The highest BCUT2D eigenvalue weighted by molar-refractivity contribution is 9.10. The lowest BCUT2D eigenvalue weighted by molar-refractivity contribution is 0.0600. The number of carbonyl (C=O) groups is 1. The zero-order valence-electron chi connectivity index (χ0n) is 8.34. The average Bonchev–Trinajstić information content (AvgIpc) is 2.16. The van der Waals surface area contributed by atoms with Crippen LogP contribution in [-0.2, 0) is 11.2 Å². The minimum absolute atomic E-state index is 0.288. The number of esters is 1. The molecule has 2 nitrogen and oxygen atoms in total. The van der Waals surface area contributed by atoms with Crippen LogP contribution in [0.1, 0.15) is 29.3 Å². The van der Waals surface area contributed by atoms with Crippen LogP contribution in [0, 0.1) is 0 Å². The van der Waals surface area contributed by atoms with Gasteiger partial charge in [-0.3, -0.25) is 0 Å². The van der Waals surface area contributed by atoms with Crippen molar-refractivity contribution in [2.75, 3.05) is 7.11 Å². The molecule has 0 N–H and O–H groups in total. The molecule has 0 fully saturated rings. The first kappa shape index (κ1) is 11.2. The summed E-state index contributed by atoms with van der Waals surface area (Å²) in [5.74, 6) is -0.288. The SMILES string of the molecule is CCCc1cc(Br)cc(C(=O)OC)c1. The van der Waals surface area contributed by atoms with Crippen LogP contribution in [0.3, 0.4) is 0 Å². The van der Waals surface area contributed by atoms with E-state index >= 15 is 0 Å². The summed E-state index contributed by atoms with van der Waals surface area (Å²) >= 11 is 3.37. The van der Waals surface area contributed by atoms with Crippen molar-refractivity contribution in [3.05, 3.63) is 33.8 Å². The highest BCUT2D eigenvalue weighted by Crippen LogP contribution is 2.17. The van der Waals surface area contributed by atoms with Crippen molar-refractivity contribution in [3.8, 4) is 0 Å². The Labute approximate surface area is 92.4 Å². The molecule has 1 rings (SSSR count). The summed E-state index contributed by atoms with van der Waals surface area (Å²) in [7, 11) is 1.39. The van der Waals surface area contributed by atoms with E-state index in [1.165, 1.54) is 7.11 Å². The molecule has 3 heteroatoms. The first-order valence-electron chi connectivity index (χ1n) is 4.55. The van der Waals surface area contributed by atoms with E-state index in [1.807, 2.05) is 12.1 Å². The van der Waals surface area contributed by atoms with Crippen LogP contribution in [0.15, 0.2) is 22.7 Å². The molecule has 0 amide bonds. The average molecular weight is 257 g/mol. The first-order valence-corrected chi connectivity index (χ1v) is 5.34. The van der Waals surface area contributed by atoms with E-state index in [2.05, 4.69) is 27.6 Å². The molecule has 0 spiro atoms. The van der Waals surface area contributed by atoms with Crippen molar-refractivity contribution in [3.63, 3.8) is 0 Å². The van der Waals surface area contributed by atoms with Gasteiger partial charge >= 0.3 is 5.97 Å². The molecule has 0 unspecified atom stereocenters. The van der Waals surface area contributed by atoms with Gasteiger partial charge in [-0.2, -0.15) is 0 Å². The van der Waals surface area contributed by atoms with Crippen LogP contribution >= 0.6 is 15.9 Å². The van der Waals surface area contributed by atoms with Gasteiger partial charge in [0.2, 0.25) is 0 Å². The Morgan fingerprint density at radius 1 is 1.43 bits per heavy atom. The van der Waals surface area contributed by atoms with E-state index in [1.54, 1.807) is 6.07 Å². The van der Waals surface area contributed by atoms with Gasteiger partial charge in [-0.25, -0.2) is 4.79 Å². The molecule has 0 atom stereocenters. The Morgan fingerprint density at radius 3 is 2.71 bits per heavy atom. The molecule has 0 aromatic heterocycles. The van der Waals surface area contributed by atoms with Crippen LogP contribution < -0.4 is 0 Å². The van der Waals surface area contributed by atoms with E-state index in [0.717, 1.165) is 22.9 Å². The Kier molecular flexibility index (Phi) is 4.14. The monoisotopic (exact) mass is 256 g/mol. The lowest BCUT2D eigenvalue weighted by Crippen LogP contribution is -2.02. The smallest absolute Gasteiger partial charge is 0.337 e. The Morgan fingerprint density at radius 2 is 2.14 bits per heavy atom. The molecule has 0 aliphatic heterocycles. The number of halogens is 1. The van der Waals surface area contributed by atoms with Crippen molar-refractivity contribution < 1.29 is 9.53 Å². The zero-order chi connectivity index (χ0) is 10.6. The summed E-state index contributed by atoms with van der Waals surface area (Å²) in [4.78, 5) is 11.3. The summed E-state index contributed by atoms with van der Waals surface area (Å²) in [5, 5.41) is 0. The second-order valence-electron chi connectivity index (χ2n) is 3.09. The summed E-state index contributed by atoms with van der Waals surface area (Å²) in [5.41, 5.74) is 1.76. The largest absolute Gasteiger partial charge is 0.465 e. The molecule has 0 radical (unpaired) electrons. The first-order chi connectivity index (χ1) is 6.67. The maximum Gasteiger partial charge on any atom is 0.337 e. The molecule has 0 heterocycles. The topological polar surface area (TPSA) is 26.3 Å². The fraction of sp³-hybridized carbons (Fsp3) is 0.364. The summed E-state index contributed by atoms with van der Waals surface area (Å²) in [6.07, 6.45) is 2.04. The van der Waals surface area contributed by atoms with Gasteiger partial charge in [-0.1, -0.05) is 29.3 Å². The normalized spacial score (nSPS) is 9.93. The quantitative estimate of drug-likeness (QED) is 0.777. The molecule has 0 saturated heterocycles. The zero-order valence-corrected chi connectivity index (χ0v) is 9.93. The van der Waals surface area contributed by atoms with Crippen LogP contribution in [0.2, 0.25) is 0 Å². The molecule has 0 aliphatic carbocycles. The standard InChI is InChI=1S/C11H13BrO2/c1-3-4-8-5-9(11(13)14-2)7-10(12)6-8/h5-7H,3-4H2,1-2H3. The maximum absolute atomic E-state index is 11.3. The van der Waals surface area contributed by atoms with Crippen molar-refractivity contribution in [2.24, 2.45) is 0 Å². The number of methoxy groups -OCH3 is 1. The summed E-state index contributed by atoms with van der Waals surface area (Å²) in [6, 6.07) is 5.67. The van der Waals surface area contributed by atoms with E-state index in [9.17, 15) is 4.79 Å². The molecule has 0 bridgehead atoms. The molecule has 76 valence electrons. The van der Waals surface area contributed by atoms with Gasteiger partial charge in [-0.05, 0) is 30.2 Å². The maximum atomic E-state index is 11.3. The number of rotatable bonds is 3. The second-order valence-corrected chi connectivity index (χ2v) is 4.01. The minimum Gasteiger partial charge on any atom is -0.465 e. The number of carbonyl (C=O) groups excluding carboxylic acids is 1. The van der Waals surface area contributed by atoms with E-state index in [4.69, 9.17) is 0 Å². The minimum atomic E-state index is -0.288. The summed E-state index contributed by atoms with van der Waals surface area (Å²) in [6.45, 7) is 2.11. The van der Waals surface area contributed by atoms with E-state index < -0.39 is 0 Å². The van der Waals surface area contributed by atoms with Gasteiger partial charge < -0.3 is 4.74 Å². The van der Waals surface area contributed by atoms with Gasteiger partial charge in [0.25, 0.3) is 0 Å². The molecule has 0 aliphatic rings. The lowest BCUT2D eigenvalue weighted by atomic mass is 10.1. The third-order valence-corrected chi connectivity index (χ3v) is 2.38. The fourth-order valence-electron chi connectivity index (χ4n) is 1.32. The molecular formula is C11H13BrO2. The van der Waals surface area contributed by atoms with Gasteiger partial charge in [0.15, 0.2) is 0 Å². The van der Waals surface area contributed by atoms with Crippen LogP contribution in [-0.4, -0.2) is 13.1 Å².